The molecule has 114 valence electrons. The Kier molecular flexibility index (Phi) is 5.76. The molecule has 1 heterocycles. The Morgan fingerprint density at radius 2 is 2.14 bits per heavy atom. The number of H-pyrrole nitrogens is 1. The molecule has 0 saturated carbocycles. The lowest BCUT2D eigenvalue weighted by molar-refractivity contribution is 0.525. The van der Waals surface area contributed by atoms with Crippen molar-refractivity contribution in [1.29, 1.82) is 0 Å². The van der Waals surface area contributed by atoms with Gasteiger partial charge in [-0.25, -0.2) is 9.37 Å². The van der Waals surface area contributed by atoms with Gasteiger partial charge in [0.2, 0.25) is 0 Å². The van der Waals surface area contributed by atoms with Crippen molar-refractivity contribution in [3.63, 3.8) is 0 Å². The smallest absolute Gasteiger partial charge is 0.151 e. The minimum Gasteiger partial charge on any atom is -0.344 e. The second-order valence-corrected chi connectivity index (χ2v) is 5.54. The number of benzene rings is 1. The van der Waals surface area contributed by atoms with E-state index in [1.807, 2.05) is 13.0 Å². The molecule has 0 radical (unpaired) electrons. The lowest BCUT2D eigenvalue weighted by Gasteiger charge is -2.14. The van der Waals surface area contributed by atoms with E-state index >= 15 is 0 Å². The van der Waals surface area contributed by atoms with Gasteiger partial charge in [0.25, 0.3) is 0 Å². The highest BCUT2D eigenvalue weighted by Gasteiger charge is 2.12. The first kappa shape index (κ1) is 16.0. The number of imidazole rings is 1. The highest BCUT2D eigenvalue weighted by molar-refractivity contribution is 6.30. The number of nitrogens with zero attached hydrogens (tertiary/aromatic N) is 1. The maximum atomic E-state index is 13.7. The average Bonchev–Trinajstić information content (AvgIpc) is 2.83. The summed E-state index contributed by atoms with van der Waals surface area (Å²) in [6.07, 6.45) is 3.11. The van der Waals surface area contributed by atoms with E-state index in [-0.39, 0.29) is 11.9 Å². The van der Waals surface area contributed by atoms with Crippen molar-refractivity contribution in [2.45, 2.75) is 45.7 Å². The Morgan fingerprint density at radius 3 is 2.86 bits per heavy atom. The second-order valence-electron chi connectivity index (χ2n) is 5.18. The zero-order chi connectivity index (χ0) is 15.2. The quantitative estimate of drug-likeness (QED) is 0.796. The van der Waals surface area contributed by atoms with E-state index in [0.29, 0.717) is 17.3 Å². The van der Waals surface area contributed by atoms with E-state index in [9.17, 15) is 4.39 Å². The van der Waals surface area contributed by atoms with Crippen molar-refractivity contribution in [3.8, 4) is 0 Å². The molecule has 0 unspecified atom stereocenters. The Hall–Kier alpha value is -1.39. The minimum absolute atomic E-state index is 0.0929. The molecule has 1 aromatic heterocycles. The highest BCUT2D eigenvalue weighted by Crippen LogP contribution is 2.18. The summed E-state index contributed by atoms with van der Waals surface area (Å²) in [4.78, 5) is 7.55. The molecule has 0 bridgehead atoms. The van der Waals surface area contributed by atoms with E-state index in [0.717, 1.165) is 30.8 Å². The lowest BCUT2D eigenvalue weighted by atomic mass is 10.1. The Morgan fingerprint density at radius 1 is 1.38 bits per heavy atom. The molecule has 21 heavy (non-hydrogen) atoms. The second kappa shape index (κ2) is 7.57. The molecule has 0 aliphatic carbocycles. The number of rotatable bonds is 7. The maximum absolute atomic E-state index is 13.7. The number of unbranched alkanes of at least 4 members (excludes halogenated alkanes) is 1. The summed E-state index contributed by atoms with van der Waals surface area (Å²) in [5.41, 5.74) is 1.50. The predicted octanol–water partition coefficient (Wildman–Crippen LogP) is 4.40. The number of nitrogens with one attached hydrogen (secondary N) is 2. The van der Waals surface area contributed by atoms with Crippen LogP contribution in [0, 0.1) is 5.82 Å². The zero-order valence-electron chi connectivity index (χ0n) is 12.4. The zero-order valence-corrected chi connectivity index (χ0v) is 13.2. The van der Waals surface area contributed by atoms with Crippen molar-refractivity contribution < 1.29 is 4.39 Å². The first-order valence-corrected chi connectivity index (χ1v) is 7.70. The summed E-state index contributed by atoms with van der Waals surface area (Å²) < 4.78 is 13.7. The number of hydrogen-bond acceptors (Lipinski definition) is 2. The van der Waals surface area contributed by atoms with Crippen LogP contribution in [-0.2, 0) is 13.0 Å². The fourth-order valence-electron chi connectivity index (χ4n) is 2.21. The molecule has 0 amide bonds. The van der Waals surface area contributed by atoms with Gasteiger partial charge >= 0.3 is 0 Å². The van der Waals surface area contributed by atoms with Crippen molar-refractivity contribution in [2.24, 2.45) is 0 Å². The van der Waals surface area contributed by atoms with Crippen LogP contribution >= 0.6 is 11.6 Å². The van der Waals surface area contributed by atoms with E-state index in [1.165, 1.54) is 6.07 Å². The van der Waals surface area contributed by atoms with Crippen LogP contribution in [0.1, 0.15) is 49.8 Å². The largest absolute Gasteiger partial charge is 0.344 e. The minimum atomic E-state index is -0.197. The summed E-state index contributed by atoms with van der Waals surface area (Å²) in [6, 6.07) is 6.69. The van der Waals surface area contributed by atoms with E-state index in [4.69, 9.17) is 11.6 Å². The van der Waals surface area contributed by atoms with Gasteiger partial charge < -0.3 is 10.3 Å². The SMILES string of the molecule is CCCCc1nc(Cl)c(CN[C@H](C)c2ccccc2F)[nH]1. The van der Waals surface area contributed by atoms with Gasteiger partial charge in [-0.1, -0.05) is 43.1 Å². The number of aromatic amines is 1. The molecule has 0 fully saturated rings. The average molecular weight is 310 g/mol. The van der Waals surface area contributed by atoms with Gasteiger partial charge in [-0.15, -0.1) is 0 Å². The molecule has 0 saturated heterocycles. The third-order valence-electron chi connectivity index (χ3n) is 3.50. The normalized spacial score (nSPS) is 12.6. The lowest BCUT2D eigenvalue weighted by Crippen LogP contribution is -2.19. The van der Waals surface area contributed by atoms with Crippen LogP contribution in [0.4, 0.5) is 4.39 Å². The molecule has 3 nitrogen and oxygen atoms in total. The van der Waals surface area contributed by atoms with Gasteiger partial charge in [0.05, 0.1) is 5.69 Å². The molecule has 0 aliphatic rings. The van der Waals surface area contributed by atoms with Crippen molar-refractivity contribution in [3.05, 3.63) is 52.3 Å². The van der Waals surface area contributed by atoms with Gasteiger partial charge in [0.15, 0.2) is 5.15 Å². The number of aryl methyl sites for hydroxylation is 1. The molecule has 2 aromatic rings. The van der Waals surface area contributed by atoms with Crippen LogP contribution in [0.2, 0.25) is 5.15 Å². The third kappa shape index (κ3) is 4.29. The molecule has 0 aliphatic heterocycles. The molecule has 2 N–H and O–H groups in total. The summed E-state index contributed by atoms with van der Waals surface area (Å²) in [7, 11) is 0. The molecule has 2 rings (SSSR count). The number of hydrogen-bond donors (Lipinski definition) is 2. The molecular formula is C16H21ClFN3. The van der Waals surface area contributed by atoms with Crippen LogP contribution in [-0.4, -0.2) is 9.97 Å². The predicted molar refractivity (Wildman–Crippen MR) is 83.9 cm³/mol. The van der Waals surface area contributed by atoms with Crippen LogP contribution in [0.15, 0.2) is 24.3 Å². The standard InChI is InChI=1S/C16H21ClFN3/c1-3-4-9-15-20-14(16(17)21-15)10-19-11(2)12-7-5-6-8-13(12)18/h5-8,11,19H,3-4,9-10H2,1-2H3,(H,20,21)/t11-/m1/s1. The monoisotopic (exact) mass is 309 g/mol. The van der Waals surface area contributed by atoms with Crippen LogP contribution in [0.3, 0.4) is 0 Å². The Bertz CT molecular complexity index is 583. The Balaban J connectivity index is 1.96. The summed E-state index contributed by atoms with van der Waals surface area (Å²) in [5.74, 6) is 0.717. The number of aromatic nitrogens is 2. The summed E-state index contributed by atoms with van der Waals surface area (Å²) in [6.45, 7) is 4.61. The van der Waals surface area contributed by atoms with Gasteiger partial charge in [0.1, 0.15) is 11.6 Å². The Labute approximate surface area is 129 Å². The van der Waals surface area contributed by atoms with Gasteiger partial charge in [-0.05, 0) is 19.4 Å². The molecular weight excluding hydrogens is 289 g/mol. The fourth-order valence-corrected chi connectivity index (χ4v) is 2.43. The van der Waals surface area contributed by atoms with Crippen molar-refractivity contribution in [2.75, 3.05) is 0 Å². The van der Waals surface area contributed by atoms with Crippen LogP contribution < -0.4 is 5.32 Å². The first-order valence-electron chi connectivity index (χ1n) is 7.32. The van der Waals surface area contributed by atoms with E-state index in [1.54, 1.807) is 12.1 Å². The topological polar surface area (TPSA) is 40.7 Å². The van der Waals surface area contributed by atoms with Crippen LogP contribution in [0.25, 0.3) is 0 Å². The number of halogens is 2. The van der Waals surface area contributed by atoms with E-state index in [2.05, 4.69) is 22.2 Å². The molecule has 1 aromatic carbocycles. The first-order chi connectivity index (χ1) is 10.1. The maximum Gasteiger partial charge on any atom is 0.151 e. The summed E-state index contributed by atoms with van der Waals surface area (Å²) >= 11 is 6.13. The van der Waals surface area contributed by atoms with Crippen molar-refractivity contribution in [1.82, 2.24) is 15.3 Å². The van der Waals surface area contributed by atoms with Gasteiger partial charge in [0, 0.05) is 24.6 Å². The van der Waals surface area contributed by atoms with Crippen molar-refractivity contribution >= 4 is 11.6 Å². The molecule has 0 spiro atoms. The highest BCUT2D eigenvalue weighted by atomic mass is 35.5. The summed E-state index contributed by atoms with van der Waals surface area (Å²) in [5, 5.41) is 3.77. The molecule has 1 atom stereocenters. The molecule has 5 heteroatoms. The van der Waals surface area contributed by atoms with E-state index < -0.39 is 0 Å². The van der Waals surface area contributed by atoms with Gasteiger partial charge in [-0.3, -0.25) is 0 Å². The van der Waals surface area contributed by atoms with Crippen LogP contribution in [0.5, 0.6) is 0 Å². The fraction of sp³-hybridized carbons (Fsp3) is 0.438. The third-order valence-corrected chi connectivity index (χ3v) is 3.81. The van der Waals surface area contributed by atoms with Gasteiger partial charge in [-0.2, -0.15) is 0 Å².